The van der Waals surface area contributed by atoms with Crippen molar-refractivity contribution in [3.63, 3.8) is 0 Å². The van der Waals surface area contributed by atoms with Crippen molar-refractivity contribution in [2.45, 2.75) is 6.54 Å². The highest BCUT2D eigenvalue weighted by atomic mass is 15.4. The summed E-state index contributed by atoms with van der Waals surface area (Å²) < 4.78 is 1.66. The minimum atomic E-state index is 0.581. The van der Waals surface area contributed by atoms with Gasteiger partial charge in [-0.05, 0) is 6.07 Å². The van der Waals surface area contributed by atoms with E-state index in [0.29, 0.717) is 12.5 Å². The predicted molar refractivity (Wildman–Crippen MR) is 50.4 cm³/mol. The van der Waals surface area contributed by atoms with Crippen molar-refractivity contribution in [1.82, 2.24) is 25.0 Å². The van der Waals surface area contributed by atoms with Crippen molar-refractivity contribution in [2.24, 2.45) is 7.05 Å². The van der Waals surface area contributed by atoms with Crippen LogP contribution in [0.5, 0.6) is 0 Å². The molecule has 0 saturated heterocycles. The van der Waals surface area contributed by atoms with E-state index in [1.54, 1.807) is 23.1 Å². The predicted octanol–water partition coefficient (Wildman–Crippen LogP) is 0.217. The number of aryl methyl sites for hydroxylation is 1. The molecule has 1 N–H and O–H groups in total. The van der Waals surface area contributed by atoms with Crippen LogP contribution in [0.3, 0.4) is 0 Å². The molecule has 0 saturated carbocycles. The summed E-state index contributed by atoms with van der Waals surface area (Å²) in [6.07, 6.45) is 5.22. The molecule has 72 valence electrons. The van der Waals surface area contributed by atoms with Gasteiger partial charge in [-0.2, -0.15) is 0 Å². The third kappa shape index (κ3) is 2.03. The molecule has 0 amide bonds. The number of hydrogen-bond acceptors (Lipinski definition) is 5. The van der Waals surface area contributed by atoms with Gasteiger partial charge < -0.3 is 5.32 Å². The molecule has 0 aliphatic carbocycles. The fraction of sp³-hybridized carbons (Fsp3) is 0.250. The molecule has 2 aromatic heterocycles. The second-order valence-electron chi connectivity index (χ2n) is 2.81. The highest BCUT2D eigenvalue weighted by molar-refractivity contribution is 5.22. The topological polar surface area (TPSA) is 68.5 Å². The van der Waals surface area contributed by atoms with Crippen molar-refractivity contribution in [3.8, 4) is 0 Å². The minimum Gasteiger partial charge on any atom is -0.348 e. The summed E-state index contributed by atoms with van der Waals surface area (Å²) in [4.78, 5) is 8.05. The zero-order valence-corrected chi connectivity index (χ0v) is 7.75. The molecule has 2 heterocycles. The molecule has 14 heavy (non-hydrogen) atoms. The zero-order chi connectivity index (χ0) is 9.80. The third-order valence-electron chi connectivity index (χ3n) is 1.64. The Morgan fingerprint density at radius 1 is 1.36 bits per heavy atom. The second-order valence-corrected chi connectivity index (χ2v) is 2.81. The lowest BCUT2D eigenvalue weighted by molar-refractivity contribution is 0.713. The Morgan fingerprint density at radius 2 is 2.14 bits per heavy atom. The van der Waals surface area contributed by atoms with Crippen LogP contribution in [0.15, 0.2) is 24.7 Å². The maximum absolute atomic E-state index is 4.02. The molecule has 0 spiro atoms. The Morgan fingerprint density at radius 3 is 2.79 bits per heavy atom. The second kappa shape index (κ2) is 3.82. The third-order valence-corrected chi connectivity index (χ3v) is 1.64. The maximum atomic E-state index is 4.02. The molecule has 0 bridgehead atoms. The van der Waals surface area contributed by atoms with E-state index < -0.39 is 0 Å². The van der Waals surface area contributed by atoms with E-state index in [-0.39, 0.29) is 0 Å². The van der Waals surface area contributed by atoms with Gasteiger partial charge in [-0.25, -0.2) is 9.97 Å². The summed E-state index contributed by atoms with van der Waals surface area (Å²) in [5.41, 5.74) is 0.861. The molecule has 0 aromatic carbocycles. The Bertz CT molecular complexity index is 395. The minimum absolute atomic E-state index is 0.581. The van der Waals surface area contributed by atoms with Gasteiger partial charge >= 0.3 is 0 Å². The maximum Gasteiger partial charge on any atom is 0.222 e. The van der Waals surface area contributed by atoms with Crippen LogP contribution in [0.4, 0.5) is 5.95 Å². The molecule has 0 aliphatic heterocycles. The smallest absolute Gasteiger partial charge is 0.222 e. The van der Waals surface area contributed by atoms with E-state index in [1.165, 1.54) is 0 Å². The van der Waals surface area contributed by atoms with Gasteiger partial charge in [0.15, 0.2) is 0 Å². The van der Waals surface area contributed by atoms with E-state index in [1.807, 2.05) is 13.2 Å². The first-order valence-corrected chi connectivity index (χ1v) is 4.21. The molecular formula is C8H10N6. The number of rotatable bonds is 3. The van der Waals surface area contributed by atoms with Gasteiger partial charge in [0.2, 0.25) is 5.95 Å². The van der Waals surface area contributed by atoms with E-state index in [9.17, 15) is 0 Å². The van der Waals surface area contributed by atoms with Gasteiger partial charge in [-0.15, -0.1) is 5.10 Å². The highest BCUT2D eigenvalue weighted by Crippen LogP contribution is 1.98. The van der Waals surface area contributed by atoms with Crippen LogP contribution in [0, 0.1) is 0 Å². The van der Waals surface area contributed by atoms with Crippen LogP contribution < -0.4 is 5.32 Å². The zero-order valence-electron chi connectivity index (χ0n) is 7.75. The molecule has 0 fully saturated rings. The van der Waals surface area contributed by atoms with Crippen molar-refractivity contribution in [2.75, 3.05) is 5.32 Å². The molecule has 0 aliphatic rings. The number of nitrogens with zero attached hydrogens (tertiary/aromatic N) is 5. The Kier molecular flexibility index (Phi) is 2.35. The van der Waals surface area contributed by atoms with Gasteiger partial charge in [0, 0.05) is 25.6 Å². The summed E-state index contributed by atoms with van der Waals surface area (Å²) in [5.74, 6) is 0.596. The SMILES string of the molecule is Cn1cc(CNc2ncccn2)nn1. The van der Waals surface area contributed by atoms with Crippen molar-refractivity contribution < 1.29 is 0 Å². The largest absolute Gasteiger partial charge is 0.348 e. The number of anilines is 1. The summed E-state index contributed by atoms with van der Waals surface area (Å²) >= 11 is 0. The van der Waals surface area contributed by atoms with Gasteiger partial charge in [0.1, 0.15) is 5.69 Å². The summed E-state index contributed by atoms with van der Waals surface area (Å²) in [7, 11) is 1.83. The monoisotopic (exact) mass is 190 g/mol. The fourth-order valence-electron chi connectivity index (χ4n) is 1.04. The van der Waals surface area contributed by atoms with E-state index in [2.05, 4.69) is 25.6 Å². The van der Waals surface area contributed by atoms with E-state index in [0.717, 1.165) is 5.69 Å². The van der Waals surface area contributed by atoms with Crippen LogP contribution >= 0.6 is 0 Å². The van der Waals surface area contributed by atoms with Gasteiger partial charge in [0.05, 0.1) is 6.54 Å². The lowest BCUT2D eigenvalue weighted by Crippen LogP contribution is -2.02. The van der Waals surface area contributed by atoms with Gasteiger partial charge in [0.25, 0.3) is 0 Å². The van der Waals surface area contributed by atoms with Crippen molar-refractivity contribution in [1.29, 1.82) is 0 Å². The normalized spacial score (nSPS) is 10.1. The molecule has 6 nitrogen and oxygen atoms in total. The first-order valence-electron chi connectivity index (χ1n) is 4.21. The summed E-state index contributed by atoms with van der Waals surface area (Å²) in [5, 5.41) is 10.8. The molecule has 0 atom stereocenters. The van der Waals surface area contributed by atoms with Crippen LogP contribution in [-0.2, 0) is 13.6 Å². The van der Waals surface area contributed by atoms with Crippen LogP contribution in [0.1, 0.15) is 5.69 Å². The van der Waals surface area contributed by atoms with Crippen LogP contribution in [0.2, 0.25) is 0 Å². The van der Waals surface area contributed by atoms with Crippen LogP contribution in [-0.4, -0.2) is 25.0 Å². The Balaban J connectivity index is 1.95. The van der Waals surface area contributed by atoms with E-state index >= 15 is 0 Å². The molecular weight excluding hydrogens is 180 g/mol. The lowest BCUT2D eigenvalue weighted by atomic mass is 10.5. The van der Waals surface area contributed by atoms with Gasteiger partial charge in [-0.3, -0.25) is 4.68 Å². The molecule has 6 heteroatoms. The van der Waals surface area contributed by atoms with Gasteiger partial charge in [-0.1, -0.05) is 5.21 Å². The molecule has 0 radical (unpaired) electrons. The average Bonchev–Trinajstić information content (AvgIpc) is 2.63. The van der Waals surface area contributed by atoms with E-state index in [4.69, 9.17) is 0 Å². The fourth-order valence-corrected chi connectivity index (χ4v) is 1.04. The first-order chi connectivity index (χ1) is 6.84. The number of nitrogens with one attached hydrogen (secondary N) is 1. The Hall–Kier alpha value is -1.98. The highest BCUT2D eigenvalue weighted by Gasteiger charge is 1.98. The first kappa shape index (κ1) is 8.61. The average molecular weight is 190 g/mol. The lowest BCUT2D eigenvalue weighted by Gasteiger charge is -1.99. The van der Waals surface area contributed by atoms with Crippen molar-refractivity contribution in [3.05, 3.63) is 30.4 Å². The molecule has 2 rings (SSSR count). The summed E-state index contributed by atoms with van der Waals surface area (Å²) in [6.45, 7) is 0.581. The Labute approximate surface area is 81.0 Å². The quantitative estimate of drug-likeness (QED) is 0.749. The number of aromatic nitrogens is 5. The summed E-state index contributed by atoms with van der Waals surface area (Å²) in [6, 6.07) is 1.77. The van der Waals surface area contributed by atoms with Crippen LogP contribution in [0.25, 0.3) is 0 Å². The number of hydrogen-bond donors (Lipinski definition) is 1. The standard InChI is InChI=1S/C8H10N6/c1-14-6-7(12-13-14)5-11-8-9-3-2-4-10-8/h2-4,6H,5H2,1H3,(H,9,10,11). The molecule has 0 unspecified atom stereocenters. The van der Waals surface area contributed by atoms with Crippen molar-refractivity contribution >= 4 is 5.95 Å². The molecule has 2 aromatic rings.